The van der Waals surface area contributed by atoms with Crippen molar-refractivity contribution in [3.05, 3.63) is 33.3 Å². The summed E-state index contributed by atoms with van der Waals surface area (Å²) in [5.41, 5.74) is 2.04. The van der Waals surface area contributed by atoms with Gasteiger partial charge in [-0.2, -0.15) is 0 Å². The monoisotopic (exact) mass is 351 g/mol. The summed E-state index contributed by atoms with van der Waals surface area (Å²) in [5, 5.41) is 9.74. The van der Waals surface area contributed by atoms with Gasteiger partial charge in [0, 0.05) is 29.7 Å². The van der Waals surface area contributed by atoms with Crippen LogP contribution in [-0.4, -0.2) is 49.0 Å². The molecule has 0 aromatic heterocycles. The lowest BCUT2D eigenvalue weighted by molar-refractivity contribution is -0.134. The van der Waals surface area contributed by atoms with Gasteiger partial charge in [-0.25, -0.2) is 8.42 Å². The Kier molecular flexibility index (Phi) is 5.14. The highest BCUT2D eigenvalue weighted by atomic mass is 35.5. The summed E-state index contributed by atoms with van der Waals surface area (Å²) in [6, 6.07) is 3.54. The Morgan fingerprint density at radius 1 is 1.33 bits per heavy atom. The lowest BCUT2D eigenvalue weighted by Gasteiger charge is -2.29. The van der Waals surface area contributed by atoms with Gasteiger partial charge >= 0.3 is 5.97 Å². The first kappa shape index (κ1) is 16.5. The fourth-order valence-corrected chi connectivity index (χ4v) is 4.07. The summed E-state index contributed by atoms with van der Waals surface area (Å²) in [6.45, 7) is 1.56. The highest BCUT2D eigenvalue weighted by Crippen LogP contribution is 2.29. The molecule has 0 unspecified atom stereocenters. The van der Waals surface area contributed by atoms with Crippen molar-refractivity contribution < 1.29 is 18.3 Å². The zero-order chi connectivity index (χ0) is 15.6. The molecule has 1 aromatic rings. The number of sulfone groups is 1. The molecule has 5 nitrogen and oxygen atoms in total. The molecular formula is C13H15Cl2NO4S. The Hall–Kier alpha value is -0.820. The number of aliphatic carboxylic acids is 1. The van der Waals surface area contributed by atoms with Crippen LogP contribution in [0.25, 0.3) is 0 Å². The third-order valence-corrected chi connectivity index (χ3v) is 5.43. The molecule has 116 valence electrons. The average molecular weight is 352 g/mol. The van der Waals surface area contributed by atoms with E-state index in [1.165, 1.54) is 0 Å². The molecule has 1 aliphatic rings. The van der Waals surface area contributed by atoms with Crippen molar-refractivity contribution >= 4 is 39.0 Å². The summed E-state index contributed by atoms with van der Waals surface area (Å²) in [5.74, 6) is -2.31. The van der Waals surface area contributed by atoms with Gasteiger partial charge in [-0.3, -0.25) is 9.69 Å². The number of carboxylic acids is 1. The van der Waals surface area contributed by atoms with Crippen LogP contribution in [-0.2, 0) is 27.6 Å². The molecule has 2 rings (SSSR count). The first-order valence-electron chi connectivity index (χ1n) is 6.38. The third kappa shape index (κ3) is 4.57. The topological polar surface area (TPSA) is 74.7 Å². The van der Waals surface area contributed by atoms with Gasteiger partial charge in [0.05, 0.1) is 5.75 Å². The third-order valence-electron chi connectivity index (χ3n) is 3.39. The van der Waals surface area contributed by atoms with E-state index in [2.05, 4.69) is 0 Å². The average Bonchev–Trinajstić information content (AvgIpc) is 2.34. The summed E-state index contributed by atoms with van der Waals surface area (Å²) in [7, 11) is -3.57. The van der Waals surface area contributed by atoms with Crippen LogP contribution in [0.5, 0.6) is 0 Å². The fraction of sp³-hybridized carbons (Fsp3) is 0.462. The van der Waals surface area contributed by atoms with Gasteiger partial charge in [0.1, 0.15) is 5.75 Å². The largest absolute Gasteiger partial charge is 0.480 e. The Labute approximate surface area is 133 Å². The van der Waals surface area contributed by atoms with Crippen molar-refractivity contribution in [1.82, 2.24) is 4.90 Å². The molecule has 1 N–H and O–H groups in total. The Bertz CT molecular complexity index is 660. The lowest BCUT2D eigenvalue weighted by atomic mass is 10.00. The van der Waals surface area contributed by atoms with Crippen LogP contribution in [0.15, 0.2) is 12.1 Å². The summed E-state index contributed by atoms with van der Waals surface area (Å²) < 4.78 is 23.2. The van der Waals surface area contributed by atoms with Crippen molar-refractivity contribution in [2.24, 2.45) is 0 Å². The highest BCUT2D eigenvalue weighted by molar-refractivity contribution is 7.92. The van der Waals surface area contributed by atoms with Crippen LogP contribution in [0.3, 0.4) is 0 Å². The summed E-state index contributed by atoms with van der Waals surface area (Å²) in [4.78, 5) is 12.4. The molecule has 0 atom stereocenters. The first-order chi connectivity index (χ1) is 9.77. The molecular weight excluding hydrogens is 337 g/mol. The smallest absolute Gasteiger partial charge is 0.318 e. The van der Waals surface area contributed by atoms with Crippen LogP contribution in [0.2, 0.25) is 10.0 Å². The SMILES string of the molecule is O=C(O)CS(=O)(=O)CCN1CCc2c(Cl)cc(Cl)cc2C1. The molecule has 1 aromatic carbocycles. The maximum absolute atomic E-state index is 11.6. The zero-order valence-corrected chi connectivity index (χ0v) is 13.5. The van der Waals surface area contributed by atoms with Crippen molar-refractivity contribution in [3.63, 3.8) is 0 Å². The first-order valence-corrected chi connectivity index (χ1v) is 8.96. The molecule has 0 bridgehead atoms. The minimum absolute atomic E-state index is 0.164. The van der Waals surface area contributed by atoms with Gasteiger partial charge in [0.2, 0.25) is 0 Å². The Morgan fingerprint density at radius 3 is 2.71 bits per heavy atom. The summed E-state index contributed by atoms with van der Waals surface area (Å²) in [6.07, 6.45) is 0.727. The number of rotatable bonds is 5. The molecule has 0 saturated heterocycles. The number of carbonyl (C=O) groups is 1. The van der Waals surface area contributed by atoms with Crippen LogP contribution in [0.4, 0.5) is 0 Å². The number of nitrogens with zero attached hydrogens (tertiary/aromatic N) is 1. The minimum Gasteiger partial charge on any atom is -0.480 e. The van der Waals surface area contributed by atoms with Gasteiger partial charge in [-0.05, 0) is 29.7 Å². The molecule has 0 amide bonds. The second kappa shape index (κ2) is 6.52. The second-order valence-electron chi connectivity index (χ2n) is 5.04. The molecule has 0 saturated carbocycles. The van der Waals surface area contributed by atoms with E-state index in [0.717, 1.165) is 17.5 Å². The molecule has 0 aliphatic carbocycles. The molecule has 21 heavy (non-hydrogen) atoms. The maximum Gasteiger partial charge on any atom is 0.318 e. The normalized spacial score (nSPS) is 15.7. The Balaban J connectivity index is 2.01. The number of benzene rings is 1. The highest BCUT2D eigenvalue weighted by Gasteiger charge is 2.22. The van der Waals surface area contributed by atoms with Gasteiger partial charge < -0.3 is 5.11 Å². The van der Waals surface area contributed by atoms with E-state index < -0.39 is 21.6 Å². The Morgan fingerprint density at radius 2 is 2.05 bits per heavy atom. The predicted molar refractivity (Wildman–Crippen MR) is 81.7 cm³/mol. The van der Waals surface area contributed by atoms with Crippen LogP contribution in [0, 0.1) is 0 Å². The van der Waals surface area contributed by atoms with Crippen molar-refractivity contribution in [2.45, 2.75) is 13.0 Å². The van der Waals surface area contributed by atoms with E-state index in [1.54, 1.807) is 6.07 Å². The zero-order valence-electron chi connectivity index (χ0n) is 11.2. The van der Waals surface area contributed by atoms with E-state index >= 15 is 0 Å². The van der Waals surface area contributed by atoms with E-state index in [0.29, 0.717) is 29.7 Å². The van der Waals surface area contributed by atoms with E-state index in [1.807, 2.05) is 11.0 Å². The molecule has 0 spiro atoms. The van der Waals surface area contributed by atoms with Crippen molar-refractivity contribution in [2.75, 3.05) is 24.6 Å². The molecule has 1 heterocycles. The summed E-state index contributed by atoms with van der Waals surface area (Å²) >= 11 is 12.1. The quantitative estimate of drug-likeness (QED) is 0.876. The van der Waals surface area contributed by atoms with Gasteiger partial charge in [0.15, 0.2) is 9.84 Å². The van der Waals surface area contributed by atoms with Crippen LogP contribution >= 0.6 is 23.2 Å². The van der Waals surface area contributed by atoms with Gasteiger partial charge in [0.25, 0.3) is 0 Å². The number of halogens is 2. The lowest BCUT2D eigenvalue weighted by Crippen LogP contribution is -2.35. The fourth-order valence-electron chi connectivity index (χ4n) is 2.39. The van der Waals surface area contributed by atoms with Gasteiger partial charge in [-0.1, -0.05) is 23.2 Å². The number of hydrogen-bond donors (Lipinski definition) is 1. The molecule has 1 aliphatic heterocycles. The molecule has 0 radical (unpaired) electrons. The predicted octanol–water partition coefficient (Wildman–Crippen LogP) is 1.85. The second-order valence-corrected chi connectivity index (χ2v) is 8.06. The van der Waals surface area contributed by atoms with Gasteiger partial charge in [-0.15, -0.1) is 0 Å². The van der Waals surface area contributed by atoms with Crippen LogP contribution < -0.4 is 0 Å². The number of carboxylic acid groups (broad SMARTS) is 1. The van der Waals surface area contributed by atoms with E-state index in [4.69, 9.17) is 28.3 Å². The van der Waals surface area contributed by atoms with Crippen LogP contribution in [0.1, 0.15) is 11.1 Å². The standard InChI is InChI=1S/C13H15Cl2NO4S/c14-10-5-9-7-16(2-1-11(9)12(15)6-10)3-4-21(19,20)8-13(17)18/h5-6H,1-4,7-8H2,(H,17,18). The van der Waals surface area contributed by atoms with Crippen molar-refractivity contribution in [1.29, 1.82) is 0 Å². The maximum atomic E-state index is 11.6. The minimum atomic E-state index is -3.57. The molecule has 0 fully saturated rings. The van der Waals surface area contributed by atoms with E-state index in [9.17, 15) is 13.2 Å². The van der Waals surface area contributed by atoms with Crippen molar-refractivity contribution in [3.8, 4) is 0 Å². The molecule has 8 heteroatoms. The van der Waals surface area contributed by atoms with E-state index in [-0.39, 0.29) is 5.75 Å². The number of fused-ring (bicyclic) bond motifs is 1. The number of hydrogen-bond acceptors (Lipinski definition) is 4.